The second kappa shape index (κ2) is 4.43. The number of hydrogen-bond acceptors (Lipinski definition) is 2. The van der Waals surface area contributed by atoms with Crippen LogP contribution in [0.4, 0.5) is 8.63 Å². The van der Waals surface area contributed by atoms with Gasteiger partial charge in [0.15, 0.2) is 0 Å². The van der Waals surface area contributed by atoms with Gasteiger partial charge in [0, 0.05) is 12.7 Å². The molecule has 2 nitrogen and oxygen atoms in total. The van der Waals surface area contributed by atoms with Gasteiger partial charge < -0.3 is 4.74 Å². The average Bonchev–Trinajstić information content (AvgIpc) is 1.79. The maximum atomic E-state index is 11.6. The molecular weight excluding hydrogens is 165 g/mol. The minimum atomic E-state index is -2.43. The van der Waals surface area contributed by atoms with Gasteiger partial charge >= 0.3 is 13.2 Å². The first-order valence-electron chi connectivity index (χ1n) is 3.81. The molecule has 0 unspecified atom stereocenters. The molecule has 0 amide bonds. The van der Waals surface area contributed by atoms with E-state index in [1.165, 1.54) is 0 Å². The van der Waals surface area contributed by atoms with Crippen molar-refractivity contribution in [2.75, 3.05) is 0 Å². The zero-order chi connectivity index (χ0) is 9.78. The maximum Gasteiger partial charge on any atom is 0.538 e. The molecule has 0 aromatic carbocycles. The fourth-order valence-electron chi connectivity index (χ4n) is 0.619. The van der Waals surface area contributed by atoms with Crippen molar-refractivity contribution in [3.63, 3.8) is 0 Å². The van der Waals surface area contributed by atoms with Crippen LogP contribution in [-0.4, -0.2) is 18.8 Å². The molecule has 0 atom stereocenters. The van der Waals surface area contributed by atoms with Crippen LogP contribution in [0.3, 0.4) is 0 Å². The van der Waals surface area contributed by atoms with E-state index in [0.717, 1.165) is 0 Å². The van der Waals surface area contributed by atoms with Crippen LogP contribution in [0.25, 0.3) is 0 Å². The summed E-state index contributed by atoms with van der Waals surface area (Å²) in [5, 5.41) is 0. The summed E-state index contributed by atoms with van der Waals surface area (Å²) in [6.45, 7) is 5.10. The SMILES string of the molecule is CC(C)(C)OC(=O)CCB(F)F. The number of ether oxygens (including phenoxy) is 1. The minimum Gasteiger partial charge on any atom is -0.460 e. The number of carbonyl (C=O) groups is 1. The van der Waals surface area contributed by atoms with Gasteiger partial charge in [-0.2, -0.15) is 0 Å². The van der Waals surface area contributed by atoms with Crippen LogP contribution in [0.15, 0.2) is 0 Å². The molecule has 0 rings (SSSR count). The summed E-state index contributed by atoms with van der Waals surface area (Å²) in [6, 6.07) is 0. The summed E-state index contributed by atoms with van der Waals surface area (Å²) < 4.78 is 28.1. The first-order chi connectivity index (χ1) is 5.31. The second-order valence-corrected chi connectivity index (χ2v) is 3.52. The van der Waals surface area contributed by atoms with Crippen LogP contribution in [-0.2, 0) is 9.53 Å². The van der Waals surface area contributed by atoms with E-state index in [-0.39, 0.29) is 6.42 Å². The molecule has 0 aliphatic heterocycles. The highest BCUT2D eigenvalue weighted by atomic mass is 19.2. The smallest absolute Gasteiger partial charge is 0.460 e. The van der Waals surface area contributed by atoms with E-state index >= 15 is 0 Å². The van der Waals surface area contributed by atoms with Gasteiger partial charge in [0.1, 0.15) is 5.60 Å². The molecule has 0 fully saturated rings. The van der Waals surface area contributed by atoms with Crippen LogP contribution in [0, 0.1) is 0 Å². The molecule has 12 heavy (non-hydrogen) atoms. The van der Waals surface area contributed by atoms with Crippen molar-refractivity contribution in [1.29, 1.82) is 0 Å². The number of rotatable bonds is 3. The predicted molar refractivity (Wildman–Crippen MR) is 43.2 cm³/mol. The summed E-state index contributed by atoms with van der Waals surface area (Å²) in [7, 11) is -2.43. The molecule has 0 N–H and O–H groups in total. The number of carbonyl (C=O) groups excluding carboxylic acids is 1. The van der Waals surface area contributed by atoms with Crippen molar-refractivity contribution in [2.24, 2.45) is 0 Å². The topological polar surface area (TPSA) is 26.3 Å². The van der Waals surface area contributed by atoms with Crippen molar-refractivity contribution in [2.45, 2.75) is 39.1 Å². The van der Waals surface area contributed by atoms with Crippen LogP contribution in [0.1, 0.15) is 27.2 Å². The van der Waals surface area contributed by atoms with Crippen molar-refractivity contribution in [1.82, 2.24) is 0 Å². The largest absolute Gasteiger partial charge is 0.538 e. The third-order valence-electron chi connectivity index (χ3n) is 0.987. The maximum absolute atomic E-state index is 11.6. The van der Waals surface area contributed by atoms with Crippen LogP contribution in [0.2, 0.25) is 6.32 Å². The fourth-order valence-corrected chi connectivity index (χ4v) is 0.619. The van der Waals surface area contributed by atoms with Gasteiger partial charge in [-0.15, -0.1) is 0 Å². The third kappa shape index (κ3) is 7.50. The Hall–Kier alpha value is -0.605. The Kier molecular flexibility index (Phi) is 4.20. The van der Waals surface area contributed by atoms with E-state index in [4.69, 9.17) is 4.74 Å². The Morgan fingerprint density at radius 3 is 2.25 bits per heavy atom. The van der Waals surface area contributed by atoms with Crippen molar-refractivity contribution >= 4 is 13.2 Å². The van der Waals surface area contributed by atoms with Gasteiger partial charge in [0.05, 0.1) is 0 Å². The molecule has 5 heteroatoms. The van der Waals surface area contributed by atoms with Crippen molar-refractivity contribution in [3.8, 4) is 0 Å². The molecule has 0 bridgehead atoms. The molecule has 0 aliphatic carbocycles. The molecule has 70 valence electrons. The highest BCUT2D eigenvalue weighted by Gasteiger charge is 2.19. The monoisotopic (exact) mass is 178 g/mol. The number of halogens is 2. The Labute approximate surface area is 71.5 Å². The molecule has 0 heterocycles. The van der Waals surface area contributed by atoms with Crippen LogP contribution < -0.4 is 0 Å². The lowest BCUT2D eigenvalue weighted by molar-refractivity contribution is -0.154. The molecular formula is C7H13BF2O2. The molecule has 0 aliphatic rings. The molecule has 0 saturated heterocycles. The molecule has 0 radical (unpaired) electrons. The van der Waals surface area contributed by atoms with Crippen LogP contribution in [0.5, 0.6) is 0 Å². The van der Waals surface area contributed by atoms with E-state index in [2.05, 4.69) is 0 Å². The average molecular weight is 178 g/mol. The summed E-state index contributed by atoms with van der Waals surface area (Å²) in [5.74, 6) is -0.567. The third-order valence-corrected chi connectivity index (χ3v) is 0.987. The molecule has 0 aromatic rings. The van der Waals surface area contributed by atoms with E-state index in [1.807, 2.05) is 0 Å². The first kappa shape index (κ1) is 11.4. The lowest BCUT2D eigenvalue weighted by Gasteiger charge is -2.19. The van der Waals surface area contributed by atoms with Gasteiger partial charge in [-0.05, 0) is 20.8 Å². The molecule has 0 spiro atoms. The lowest BCUT2D eigenvalue weighted by atomic mass is 9.91. The lowest BCUT2D eigenvalue weighted by Crippen LogP contribution is -2.24. The second-order valence-electron chi connectivity index (χ2n) is 3.52. The van der Waals surface area contributed by atoms with Gasteiger partial charge in [-0.25, -0.2) is 0 Å². The quantitative estimate of drug-likeness (QED) is 0.488. The Balaban J connectivity index is 3.61. The zero-order valence-corrected chi connectivity index (χ0v) is 7.56. The van der Waals surface area contributed by atoms with Gasteiger partial charge in [0.25, 0.3) is 0 Å². The predicted octanol–water partition coefficient (Wildman–Crippen LogP) is 2.15. The number of hydrogen-bond donors (Lipinski definition) is 0. The summed E-state index contributed by atoms with van der Waals surface area (Å²) in [5.41, 5.74) is -0.584. The van der Waals surface area contributed by atoms with Gasteiger partial charge in [-0.1, -0.05) is 0 Å². The zero-order valence-electron chi connectivity index (χ0n) is 7.56. The highest BCUT2D eigenvalue weighted by Crippen LogP contribution is 2.10. The first-order valence-corrected chi connectivity index (χ1v) is 3.81. The van der Waals surface area contributed by atoms with E-state index in [1.54, 1.807) is 20.8 Å². The summed E-state index contributed by atoms with van der Waals surface area (Å²) >= 11 is 0. The van der Waals surface area contributed by atoms with Crippen LogP contribution >= 0.6 is 0 Å². The highest BCUT2D eigenvalue weighted by molar-refractivity contribution is 6.42. The Morgan fingerprint density at radius 1 is 1.42 bits per heavy atom. The summed E-state index contributed by atoms with van der Waals surface area (Å²) in [4.78, 5) is 10.8. The normalized spacial score (nSPS) is 11.1. The standard InChI is InChI=1S/C7H13BF2O2/c1-7(2,3)12-6(11)4-5-8(9)10/h4-5H2,1-3H3. The fraction of sp³-hybridized carbons (Fsp3) is 0.857. The molecule has 0 aromatic heterocycles. The summed E-state index contributed by atoms with van der Waals surface area (Å²) in [6.07, 6.45) is -0.635. The van der Waals surface area contributed by atoms with Crippen molar-refractivity contribution in [3.05, 3.63) is 0 Å². The Bertz CT molecular complexity index is 154. The van der Waals surface area contributed by atoms with E-state index in [0.29, 0.717) is 0 Å². The van der Waals surface area contributed by atoms with E-state index < -0.39 is 25.2 Å². The number of esters is 1. The van der Waals surface area contributed by atoms with E-state index in [9.17, 15) is 13.4 Å². The minimum absolute atomic E-state index is 0.213. The van der Waals surface area contributed by atoms with Crippen molar-refractivity contribution < 1.29 is 18.2 Å². The Morgan fingerprint density at radius 2 is 1.92 bits per heavy atom. The molecule has 0 saturated carbocycles. The van der Waals surface area contributed by atoms with Gasteiger partial charge in [0.2, 0.25) is 0 Å². The van der Waals surface area contributed by atoms with Gasteiger partial charge in [-0.3, -0.25) is 13.4 Å².